The van der Waals surface area contributed by atoms with Crippen LogP contribution in [0.5, 0.6) is 0 Å². The summed E-state index contributed by atoms with van der Waals surface area (Å²) in [5.74, 6) is -0.176. The first-order valence-electron chi connectivity index (χ1n) is 6.62. The summed E-state index contributed by atoms with van der Waals surface area (Å²) in [5.41, 5.74) is 2.14. The molecule has 21 heavy (non-hydrogen) atoms. The zero-order valence-electron chi connectivity index (χ0n) is 11.6. The van der Waals surface area contributed by atoms with Crippen LogP contribution < -0.4 is 10.6 Å². The first-order chi connectivity index (χ1) is 10.1. The van der Waals surface area contributed by atoms with Crippen LogP contribution >= 0.6 is 11.6 Å². The molecule has 0 bridgehead atoms. The molecular weight excluding hydrogens is 288 g/mol. The lowest BCUT2D eigenvalue weighted by molar-refractivity contribution is -0.116. The number of halogens is 1. The minimum atomic E-state index is -0.448. The van der Waals surface area contributed by atoms with E-state index in [1.807, 2.05) is 24.3 Å². The smallest absolute Gasteiger partial charge is 0.246 e. The Balaban J connectivity index is 2.02. The molecule has 0 fully saturated rings. The zero-order valence-corrected chi connectivity index (χ0v) is 12.4. The number of rotatable bonds is 5. The molecule has 0 spiro atoms. The van der Waals surface area contributed by atoms with Crippen LogP contribution in [0.4, 0.5) is 11.4 Å². The predicted molar refractivity (Wildman–Crippen MR) is 85.5 cm³/mol. The number of aliphatic hydroxyl groups is 1. The topological polar surface area (TPSA) is 61.4 Å². The lowest BCUT2D eigenvalue weighted by Crippen LogP contribution is -2.32. The molecule has 0 aliphatic carbocycles. The average molecular weight is 305 g/mol. The first kappa shape index (κ1) is 15.4. The summed E-state index contributed by atoms with van der Waals surface area (Å²) in [4.78, 5) is 12.1. The number of para-hydroxylation sites is 1. The van der Waals surface area contributed by atoms with E-state index in [1.165, 1.54) is 0 Å². The average Bonchev–Trinajstić information content (AvgIpc) is 2.47. The Hall–Kier alpha value is -2.04. The standard InChI is InChI=1S/C16H17ClN2O2/c1-11(18-15-8-3-2-5-12(15)10-20)16(21)19-14-7-4-6-13(17)9-14/h2-9,11,18,20H,10H2,1H3,(H,19,21). The molecule has 5 heteroatoms. The summed E-state index contributed by atoms with van der Waals surface area (Å²) in [7, 11) is 0. The first-order valence-corrected chi connectivity index (χ1v) is 6.99. The lowest BCUT2D eigenvalue weighted by atomic mass is 10.1. The third-order valence-electron chi connectivity index (χ3n) is 3.05. The molecule has 110 valence electrons. The number of aliphatic hydroxyl groups excluding tert-OH is 1. The van der Waals surface area contributed by atoms with Gasteiger partial charge in [-0.05, 0) is 31.2 Å². The molecule has 1 atom stereocenters. The van der Waals surface area contributed by atoms with Crippen LogP contribution in [0.2, 0.25) is 5.02 Å². The summed E-state index contributed by atoms with van der Waals surface area (Å²) in [5, 5.41) is 15.7. The number of amides is 1. The summed E-state index contributed by atoms with van der Waals surface area (Å²) >= 11 is 5.88. The zero-order chi connectivity index (χ0) is 15.2. The molecule has 2 aromatic carbocycles. The van der Waals surface area contributed by atoms with Gasteiger partial charge in [0.15, 0.2) is 0 Å². The Kier molecular flexibility index (Phi) is 5.20. The van der Waals surface area contributed by atoms with E-state index in [2.05, 4.69) is 10.6 Å². The van der Waals surface area contributed by atoms with Gasteiger partial charge in [0.1, 0.15) is 6.04 Å². The van der Waals surface area contributed by atoms with Crippen molar-refractivity contribution < 1.29 is 9.90 Å². The maximum Gasteiger partial charge on any atom is 0.246 e. The highest BCUT2D eigenvalue weighted by molar-refractivity contribution is 6.30. The fourth-order valence-corrected chi connectivity index (χ4v) is 2.10. The van der Waals surface area contributed by atoms with Crippen LogP contribution in [-0.4, -0.2) is 17.1 Å². The number of anilines is 2. The number of carbonyl (C=O) groups excluding carboxylic acids is 1. The summed E-state index contributed by atoms with van der Waals surface area (Å²) in [6.07, 6.45) is 0. The van der Waals surface area contributed by atoms with Gasteiger partial charge in [-0.25, -0.2) is 0 Å². The van der Waals surface area contributed by atoms with Crippen LogP contribution in [0.25, 0.3) is 0 Å². The van der Waals surface area contributed by atoms with Gasteiger partial charge in [0.05, 0.1) is 6.61 Å². The Morgan fingerprint density at radius 3 is 2.71 bits per heavy atom. The van der Waals surface area contributed by atoms with Crippen molar-refractivity contribution >= 4 is 28.9 Å². The van der Waals surface area contributed by atoms with E-state index in [4.69, 9.17) is 11.6 Å². The second kappa shape index (κ2) is 7.11. The molecule has 0 aliphatic rings. The molecule has 0 aromatic heterocycles. The van der Waals surface area contributed by atoms with Gasteiger partial charge in [0.25, 0.3) is 0 Å². The summed E-state index contributed by atoms with van der Waals surface area (Å²) in [6, 6.07) is 13.9. The van der Waals surface area contributed by atoms with Gasteiger partial charge in [-0.2, -0.15) is 0 Å². The van der Waals surface area contributed by atoms with Gasteiger partial charge in [-0.1, -0.05) is 35.9 Å². The number of hydrogen-bond acceptors (Lipinski definition) is 3. The number of benzene rings is 2. The number of hydrogen-bond donors (Lipinski definition) is 3. The van der Waals surface area contributed by atoms with Crippen LogP contribution in [-0.2, 0) is 11.4 Å². The van der Waals surface area contributed by atoms with Crippen molar-refractivity contribution in [3.8, 4) is 0 Å². The van der Waals surface area contributed by atoms with Crippen LogP contribution in [0.15, 0.2) is 48.5 Å². The van der Waals surface area contributed by atoms with E-state index in [1.54, 1.807) is 31.2 Å². The Bertz CT molecular complexity index is 631. The Morgan fingerprint density at radius 2 is 2.00 bits per heavy atom. The molecule has 1 unspecified atom stereocenters. The van der Waals surface area contributed by atoms with E-state index < -0.39 is 6.04 Å². The molecular formula is C16H17ClN2O2. The van der Waals surface area contributed by atoms with Crippen molar-refractivity contribution in [2.45, 2.75) is 19.6 Å². The van der Waals surface area contributed by atoms with Gasteiger partial charge < -0.3 is 15.7 Å². The van der Waals surface area contributed by atoms with Gasteiger partial charge in [-0.15, -0.1) is 0 Å². The maximum absolute atomic E-state index is 12.1. The van der Waals surface area contributed by atoms with Gasteiger partial charge in [0, 0.05) is 22.0 Å². The third kappa shape index (κ3) is 4.21. The molecule has 0 radical (unpaired) electrons. The molecule has 0 saturated carbocycles. The van der Waals surface area contributed by atoms with E-state index in [9.17, 15) is 9.90 Å². The quantitative estimate of drug-likeness (QED) is 0.794. The highest BCUT2D eigenvalue weighted by Gasteiger charge is 2.14. The highest BCUT2D eigenvalue weighted by atomic mass is 35.5. The molecule has 4 nitrogen and oxygen atoms in total. The van der Waals surface area contributed by atoms with Crippen LogP contribution in [0.1, 0.15) is 12.5 Å². The largest absolute Gasteiger partial charge is 0.392 e. The fourth-order valence-electron chi connectivity index (χ4n) is 1.91. The molecule has 2 rings (SSSR count). The number of carbonyl (C=O) groups is 1. The van der Waals surface area contributed by atoms with E-state index >= 15 is 0 Å². The van der Waals surface area contributed by atoms with Crippen molar-refractivity contribution in [2.24, 2.45) is 0 Å². The second-order valence-electron chi connectivity index (χ2n) is 4.68. The van der Waals surface area contributed by atoms with Gasteiger partial charge in [0.2, 0.25) is 5.91 Å². The molecule has 0 aliphatic heterocycles. The predicted octanol–water partition coefficient (Wildman–Crippen LogP) is 3.27. The Labute approximate surface area is 128 Å². The second-order valence-corrected chi connectivity index (χ2v) is 5.12. The third-order valence-corrected chi connectivity index (χ3v) is 3.28. The van der Waals surface area contributed by atoms with E-state index in [0.29, 0.717) is 10.7 Å². The molecule has 2 aromatic rings. The molecule has 0 heterocycles. The SMILES string of the molecule is CC(Nc1ccccc1CO)C(=O)Nc1cccc(Cl)c1. The van der Waals surface area contributed by atoms with Crippen LogP contribution in [0, 0.1) is 0 Å². The minimum absolute atomic E-state index is 0.0776. The van der Waals surface area contributed by atoms with Crippen molar-refractivity contribution in [2.75, 3.05) is 10.6 Å². The van der Waals surface area contributed by atoms with Gasteiger partial charge >= 0.3 is 0 Å². The van der Waals surface area contributed by atoms with Crippen molar-refractivity contribution in [3.63, 3.8) is 0 Å². The lowest BCUT2D eigenvalue weighted by Gasteiger charge is -2.17. The Morgan fingerprint density at radius 1 is 1.24 bits per heavy atom. The fraction of sp³-hybridized carbons (Fsp3) is 0.188. The normalized spacial score (nSPS) is 11.8. The molecule has 3 N–H and O–H groups in total. The minimum Gasteiger partial charge on any atom is -0.392 e. The van der Waals surface area contributed by atoms with Crippen molar-refractivity contribution in [1.29, 1.82) is 0 Å². The van der Waals surface area contributed by atoms with Crippen molar-refractivity contribution in [1.82, 2.24) is 0 Å². The monoisotopic (exact) mass is 304 g/mol. The van der Waals surface area contributed by atoms with Gasteiger partial charge in [-0.3, -0.25) is 4.79 Å². The summed E-state index contributed by atoms with van der Waals surface area (Å²) in [6.45, 7) is 1.68. The van der Waals surface area contributed by atoms with Crippen molar-refractivity contribution in [3.05, 3.63) is 59.1 Å². The van der Waals surface area contributed by atoms with E-state index in [-0.39, 0.29) is 12.5 Å². The number of nitrogens with one attached hydrogen (secondary N) is 2. The molecule has 0 saturated heterocycles. The molecule has 1 amide bonds. The highest BCUT2D eigenvalue weighted by Crippen LogP contribution is 2.18. The summed E-state index contributed by atoms with van der Waals surface area (Å²) < 4.78 is 0. The maximum atomic E-state index is 12.1. The van der Waals surface area contributed by atoms with Crippen LogP contribution in [0.3, 0.4) is 0 Å². The van der Waals surface area contributed by atoms with E-state index in [0.717, 1.165) is 11.3 Å².